The maximum atomic E-state index is 12.7. The molecule has 7 nitrogen and oxygen atoms in total. The number of methoxy groups -OCH3 is 3. The Morgan fingerprint density at radius 2 is 1.73 bits per heavy atom. The average Bonchev–Trinajstić information content (AvgIpc) is 2.77. The summed E-state index contributed by atoms with van der Waals surface area (Å²) in [6, 6.07) is 12.6. The molecule has 2 aromatic rings. The monoisotopic (exact) mass is 409 g/mol. The SMILES string of the molecule is COC(=O)c1cc(OC)c(OC)cc1N=CC1=C(O)CC(c2ccccc2)CC1=O. The topological polar surface area (TPSA) is 94.4 Å². The highest BCUT2D eigenvalue weighted by Crippen LogP contribution is 2.36. The molecule has 0 heterocycles. The van der Waals surface area contributed by atoms with Crippen LogP contribution >= 0.6 is 0 Å². The molecule has 30 heavy (non-hydrogen) atoms. The van der Waals surface area contributed by atoms with Crippen molar-refractivity contribution in [2.24, 2.45) is 4.99 Å². The molecule has 1 N–H and O–H groups in total. The molecule has 0 aromatic heterocycles. The van der Waals surface area contributed by atoms with E-state index in [1.807, 2.05) is 30.3 Å². The van der Waals surface area contributed by atoms with Crippen molar-refractivity contribution in [1.29, 1.82) is 0 Å². The van der Waals surface area contributed by atoms with Crippen LogP contribution in [-0.4, -0.2) is 44.4 Å². The molecule has 156 valence electrons. The Balaban J connectivity index is 1.94. The fourth-order valence-electron chi connectivity index (χ4n) is 3.40. The Kier molecular flexibility index (Phi) is 6.51. The van der Waals surface area contributed by atoms with Crippen LogP contribution in [0, 0.1) is 0 Å². The van der Waals surface area contributed by atoms with Crippen molar-refractivity contribution in [1.82, 2.24) is 0 Å². The lowest BCUT2D eigenvalue weighted by Gasteiger charge is -2.22. The fourth-order valence-corrected chi connectivity index (χ4v) is 3.40. The van der Waals surface area contributed by atoms with Crippen LogP contribution in [0.5, 0.6) is 11.5 Å². The molecule has 0 radical (unpaired) electrons. The minimum atomic E-state index is -0.611. The van der Waals surface area contributed by atoms with Gasteiger partial charge < -0.3 is 19.3 Å². The molecular formula is C23H23NO6. The van der Waals surface area contributed by atoms with Gasteiger partial charge in [-0.3, -0.25) is 9.79 Å². The number of carbonyl (C=O) groups excluding carboxylic acids is 2. The molecule has 1 unspecified atom stereocenters. The average molecular weight is 409 g/mol. The number of benzene rings is 2. The van der Waals surface area contributed by atoms with Crippen molar-refractivity contribution in [3.05, 3.63) is 64.9 Å². The third-order valence-electron chi connectivity index (χ3n) is 4.99. The summed E-state index contributed by atoms with van der Waals surface area (Å²) in [4.78, 5) is 29.1. The number of hydrogen-bond donors (Lipinski definition) is 1. The van der Waals surface area contributed by atoms with E-state index in [4.69, 9.17) is 14.2 Å². The lowest BCUT2D eigenvalue weighted by molar-refractivity contribution is -0.116. The van der Waals surface area contributed by atoms with Gasteiger partial charge in [-0.15, -0.1) is 0 Å². The first-order chi connectivity index (χ1) is 14.5. The molecule has 2 aromatic carbocycles. The Bertz CT molecular complexity index is 1010. The lowest BCUT2D eigenvalue weighted by atomic mass is 9.83. The number of aliphatic hydroxyl groups is 1. The summed E-state index contributed by atoms with van der Waals surface area (Å²) in [5, 5.41) is 10.5. The molecule has 1 aliphatic carbocycles. The van der Waals surface area contributed by atoms with E-state index in [-0.39, 0.29) is 40.7 Å². The van der Waals surface area contributed by atoms with Gasteiger partial charge in [-0.05, 0) is 11.5 Å². The van der Waals surface area contributed by atoms with Crippen molar-refractivity contribution in [2.75, 3.05) is 21.3 Å². The minimum absolute atomic E-state index is 0.0241. The van der Waals surface area contributed by atoms with Gasteiger partial charge in [-0.2, -0.15) is 0 Å². The number of aliphatic imine (C=N–C) groups is 1. The van der Waals surface area contributed by atoms with Crippen LogP contribution < -0.4 is 9.47 Å². The normalized spacial score (nSPS) is 16.6. The zero-order valence-electron chi connectivity index (χ0n) is 17.0. The second-order valence-electron chi connectivity index (χ2n) is 6.77. The number of Topliss-reactive ketones (excluding diaryl/α,β-unsaturated/α-hetero) is 1. The Morgan fingerprint density at radius 1 is 1.07 bits per heavy atom. The summed E-state index contributed by atoms with van der Waals surface area (Å²) >= 11 is 0. The highest BCUT2D eigenvalue weighted by atomic mass is 16.5. The van der Waals surface area contributed by atoms with Gasteiger partial charge in [0.05, 0.1) is 38.2 Å². The Morgan fingerprint density at radius 3 is 2.33 bits per heavy atom. The van der Waals surface area contributed by atoms with Crippen LogP contribution in [0.25, 0.3) is 0 Å². The zero-order chi connectivity index (χ0) is 21.7. The number of carbonyl (C=O) groups is 2. The first-order valence-electron chi connectivity index (χ1n) is 9.37. The smallest absolute Gasteiger partial charge is 0.340 e. The minimum Gasteiger partial charge on any atom is -0.511 e. The predicted molar refractivity (Wildman–Crippen MR) is 112 cm³/mol. The fraction of sp³-hybridized carbons (Fsp3) is 0.261. The quantitative estimate of drug-likeness (QED) is 0.569. The summed E-state index contributed by atoms with van der Waals surface area (Å²) in [5.41, 5.74) is 1.52. The van der Waals surface area contributed by atoms with Gasteiger partial charge in [-0.25, -0.2) is 4.79 Å². The van der Waals surface area contributed by atoms with Gasteiger partial charge in [0.2, 0.25) is 0 Å². The predicted octanol–water partition coefficient (Wildman–Crippen LogP) is 4.15. The van der Waals surface area contributed by atoms with E-state index in [1.165, 1.54) is 39.7 Å². The van der Waals surface area contributed by atoms with Gasteiger partial charge >= 0.3 is 5.97 Å². The highest BCUT2D eigenvalue weighted by molar-refractivity contribution is 6.15. The molecule has 0 saturated heterocycles. The number of allylic oxidation sites excluding steroid dienone is 2. The van der Waals surface area contributed by atoms with E-state index in [0.717, 1.165) is 5.56 Å². The number of ketones is 1. The third-order valence-corrected chi connectivity index (χ3v) is 4.99. The number of esters is 1. The summed E-state index contributed by atoms with van der Waals surface area (Å²) < 4.78 is 15.3. The first kappa shape index (κ1) is 21.1. The summed E-state index contributed by atoms with van der Waals surface area (Å²) in [6.07, 6.45) is 1.89. The van der Waals surface area contributed by atoms with E-state index in [2.05, 4.69) is 4.99 Å². The van der Waals surface area contributed by atoms with Crippen LogP contribution in [0.4, 0.5) is 5.69 Å². The second kappa shape index (κ2) is 9.26. The van der Waals surface area contributed by atoms with Crippen LogP contribution in [0.15, 0.2) is 58.8 Å². The zero-order valence-corrected chi connectivity index (χ0v) is 17.0. The molecule has 0 fully saturated rings. The molecule has 0 aliphatic heterocycles. The number of hydrogen-bond acceptors (Lipinski definition) is 7. The number of ether oxygens (including phenoxy) is 3. The van der Waals surface area contributed by atoms with E-state index in [0.29, 0.717) is 17.9 Å². The molecule has 0 spiro atoms. The van der Waals surface area contributed by atoms with Gasteiger partial charge in [0.15, 0.2) is 17.3 Å². The van der Waals surface area contributed by atoms with Crippen LogP contribution in [0.2, 0.25) is 0 Å². The molecule has 3 rings (SSSR count). The molecule has 7 heteroatoms. The molecular weight excluding hydrogens is 386 g/mol. The Labute approximate surface area is 174 Å². The van der Waals surface area contributed by atoms with Crippen molar-refractivity contribution < 1.29 is 28.9 Å². The molecule has 0 bridgehead atoms. The highest BCUT2D eigenvalue weighted by Gasteiger charge is 2.28. The van der Waals surface area contributed by atoms with E-state index in [9.17, 15) is 14.7 Å². The van der Waals surface area contributed by atoms with Gasteiger partial charge in [0.1, 0.15) is 5.76 Å². The molecule has 0 amide bonds. The summed E-state index contributed by atoms with van der Waals surface area (Å²) in [6.45, 7) is 0. The molecule has 0 saturated carbocycles. The van der Waals surface area contributed by atoms with Crippen LogP contribution in [-0.2, 0) is 9.53 Å². The van der Waals surface area contributed by atoms with E-state index in [1.54, 1.807) is 0 Å². The van der Waals surface area contributed by atoms with Crippen molar-refractivity contribution in [2.45, 2.75) is 18.8 Å². The van der Waals surface area contributed by atoms with Crippen molar-refractivity contribution in [3.63, 3.8) is 0 Å². The largest absolute Gasteiger partial charge is 0.511 e. The number of aliphatic hydroxyl groups excluding tert-OH is 1. The lowest BCUT2D eigenvalue weighted by Crippen LogP contribution is -2.19. The molecule has 1 atom stereocenters. The maximum Gasteiger partial charge on any atom is 0.340 e. The van der Waals surface area contributed by atoms with Crippen molar-refractivity contribution >= 4 is 23.7 Å². The summed E-state index contributed by atoms with van der Waals surface area (Å²) in [7, 11) is 4.18. The van der Waals surface area contributed by atoms with Gasteiger partial charge in [0, 0.05) is 31.2 Å². The summed E-state index contributed by atoms with van der Waals surface area (Å²) in [5.74, 6) is -0.212. The number of rotatable bonds is 6. The Hall–Kier alpha value is -3.61. The molecule has 1 aliphatic rings. The second-order valence-corrected chi connectivity index (χ2v) is 6.77. The van der Waals surface area contributed by atoms with Crippen LogP contribution in [0.1, 0.15) is 34.7 Å². The third kappa shape index (κ3) is 4.35. The van der Waals surface area contributed by atoms with Gasteiger partial charge in [-0.1, -0.05) is 30.3 Å². The maximum absolute atomic E-state index is 12.7. The van der Waals surface area contributed by atoms with Crippen molar-refractivity contribution in [3.8, 4) is 11.5 Å². The van der Waals surface area contributed by atoms with Crippen LogP contribution in [0.3, 0.4) is 0 Å². The number of nitrogens with zero attached hydrogens (tertiary/aromatic N) is 1. The van der Waals surface area contributed by atoms with E-state index >= 15 is 0 Å². The van der Waals surface area contributed by atoms with E-state index < -0.39 is 5.97 Å². The standard InChI is InChI=1S/C23H23NO6/c1-28-21-11-16(23(27)30-3)18(12-22(21)29-2)24-13-17-19(25)9-15(10-20(17)26)14-7-5-4-6-8-14/h4-8,11-13,15,25H,9-10H2,1-3H3. The van der Waals surface area contributed by atoms with Gasteiger partial charge in [0.25, 0.3) is 0 Å². The first-order valence-corrected chi connectivity index (χ1v) is 9.37.